The van der Waals surface area contributed by atoms with Gasteiger partial charge < -0.3 is 5.32 Å². The van der Waals surface area contributed by atoms with Crippen LogP contribution in [0.3, 0.4) is 0 Å². The van der Waals surface area contributed by atoms with Crippen molar-refractivity contribution >= 4 is 34.8 Å². The Balaban J connectivity index is 1.73. The quantitative estimate of drug-likeness (QED) is 0.665. The summed E-state index contributed by atoms with van der Waals surface area (Å²) in [7, 11) is 0. The maximum Gasteiger partial charge on any atom is 0.257 e. The molecular weight excluding hydrogens is 324 g/mol. The van der Waals surface area contributed by atoms with Gasteiger partial charge in [0.2, 0.25) is 0 Å². The molecule has 0 spiro atoms. The molecule has 0 aliphatic carbocycles. The van der Waals surface area contributed by atoms with Gasteiger partial charge in [0, 0.05) is 16.8 Å². The standard InChI is InChI=1S/C18H16N2OS2/c1-13-6-7-17(19-10-13)20-18(21)15-4-2-3-5-16(15)23-12-14-8-9-22-11-14/h2-11H,12H2,1H3,(H,19,20,21). The average Bonchev–Trinajstić information content (AvgIpc) is 3.09. The summed E-state index contributed by atoms with van der Waals surface area (Å²) in [6, 6.07) is 13.5. The van der Waals surface area contributed by atoms with Crippen LogP contribution >= 0.6 is 23.1 Å². The molecule has 0 fully saturated rings. The van der Waals surface area contributed by atoms with Crippen LogP contribution in [0.2, 0.25) is 0 Å². The molecule has 3 rings (SSSR count). The van der Waals surface area contributed by atoms with Crippen LogP contribution in [-0.2, 0) is 5.75 Å². The highest BCUT2D eigenvalue weighted by molar-refractivity contribution is 7.98. The fourth-order valence-corrected chi connectivity index (χ4v) is 3.81. The summed E-state index contributed by atoms with van der Waals surface area (Å²) in [6.07, 6.45) is 1.74. The lowest BCUT2D eigenvalue weighted by atomic mass is 10.2. The minimum absolute atomic E-state index is 0.130. The van der Waals surface area contributed by atoms with Crippen LogP contribution in [0.25, 0.3) is 0 Å². The highest BCUT2D eigenvalue weighted by Gasteiger charge is 2.12. The number of aryl methyl sites for hydroxylation is 1. The Kier molecular flexibility index (Phi) is 5.10. The number of carbonyl (C=O) groups excluding carboxylic acids is 1. The Morgan fingerprint density at radius 1 is 1.22 bits per heavy atom. The molecule has 3 aromatic rings. The van der Waals surface area contributed by atoms with Gasteiger partial charge >= 0.3 is 0 Å². The fraction of sp³-hybridized carbons (Fsp3) is 0.111. The zero-order valence-electron chi connectivity index (χ0n) is 12.7. The first kappa shape index (κ1) is 15.8. The zero-order valence-corrected chi connectivity index (χ0v) is 14.3. The topological polar surface area (TPSA) is 42.0 Å². The van der Waals surface area contributed by atoms with Gasteiger partial charge in [0.25, 0.3) is 5.91 Å². The van der Waals surface area contributed by atoms with E-state index in [9.17, 15) is 4.79 Å². The van der Waals surface area contributed by atoms with Crippen molar-refractivity contribution in [2.75, 3.05) is 5.32 Å². The number of nitrogens with one attached hydrogen (secondary N) is 1. The molecule has 0 saturated carbocycles. The minimum atomic E-state index is -0.130. The average molecular weight is 340 g/mol. The van der Waals surface area contributed by atoms with E-state index in [1.165, 1.54) is 5.56 Å². The number of pyridine rings is 1. The third-order valence-corrected chi connectivity index (χ3v) is 5.14. The minimum Gasteiger partial charge on any atom is -0.307 e. The van der Waals surface area contributed by atoms with Crippen LogP contribution in [0.15, 0.2) is 64.3 Å². The lowest BCUT2D eigenvalue weighted by Crippen LogP contribution is -2.13. The van der Waals surface area contributed by atoms with E-state index in [0.717, 1.165) is 16.2 Å². The van der Waals surface area contributed by atoms with E-state index in [1.807, 2.05) is 43.3 Å². The molecule has 0 saturated heterocycles. The number of amides is 1. The number of hydrogen-bond donors (Lipinski definition) is 1. The Bertz CT molecular complexity index is 783. The molecule has 116 valence electrons. The van der Waals surface area contributed by atoms with E-state index in [-0.39, 0.29) is 5.91 Å². The molecule has 3 nitrogen and oxygen atoms in total. The van der Waals surface area contributed by atoms with Gasteiger partial charge in [0.05, 0.1) is 5.56 Å². The first-order valence-corrected chi connectivity index (χ1v) is 9.12. The van der Waals surface area contributed by atoms with Crippen LogP contribution < -0.4 is 5.32 Å². The molecule has 1 amide bonds. The monoisotopic (exact) mass is 340 g/mol. The van der Waals surface area contributed by atoms with Gasteiger partial charge in [-0.2, -0.15) is 11.3 Å². The van der Waals surface area contributed by atoms with Crippen LogP contribution in [0.5, 0.6) is 0 Å². The van der Waals surface area contributed by atoms with Gasteiger partial charge in [0.15, 0.2) is 0 Å². The predicted octanol–water partition coefficient (Wildman–Crippen LogP) is 5.00. The molecule has 2 aromatic heterocycles. The summed E-state index contributed by atoms with van der Waals surface area (Å²) in [5, 5.41) is 7.06. The third kappa shape index (κ3) is 4.21. The third-order valence-electron chi connectivity index (χ3n) is 3.26. The van der Waals surface area contributed by atoms with Crippen molar-refractivity contribution in [3.8, 4) is 0 Å². The second-order valence-electron chi connectivity index (χ2n) is 5.09. The number of carbonyl (C=O) groups is 1. The summed E-state index contributed by atoms with van der Waals surface area (Å²) in [5.74, 6) is 1.30. The molecule has 1 aromatic carbocycles. The summed E-state index contributed by atoms with van der Waals surface area (Å²) < 4.78 is 0. The molecule has 0 bridgehead atoms. The smallest absolute Gasteiger partial charge is 0.257 e. The van der Waals surface area contributed by atoms with E-state index in [4.69, 9.17) is 0 Å². The van der Waals surface area contributed by atoms with Gasteiger partial charge in [0.1, 0.15) is 5.82 Å². The molecule has 23 heavy (non-hydrogen) atoms. The van der Waals surface area contributed by atoms with Crippen molar-refractivity contribution < 1.29 is 4.79 Å². The lowest BCUT2D eigenvalue weighted by Gasteiger charge is -2.09. The van der Waals surface area contributed by atoms with Crippen LogP contribution in [0, 0.1) is 6.92 Å². The number of thiophene rings is 1. The number of rotatable bonds is 5. The highest BCUT2D eigenvalue weighted by Crippen LogP contribution is 2.27. The highest BCUT2D eigenvalue weighted by atomic mass is 32.2. The van der Waals surface area contributed by atoms with Crippen molar-refractivity contribution in [3.63, 3.8) is 0 Å². The van der Waals surface area contributed by atoms with Gasteiger partial charge in [-0.1, -0.05) is 18.2 Å². The number of anilines is 1. The maximum absolute atomic E-state index is 12.5. The maximum atomic E-state index is 12.5. The van der Waals surface area contributed by atoms with Crippen molar-refractivity contribution in [3.05, 3.63) is 76.1 Å². The first-order valence-electron chi connectivity index (χ1n) is 7.19. The predicted molar refractivity (Wildman–Crippen MR) is 97.2 cm³/mol. The molecule has 5 heteroatoms. The molecule has 0 atom stereocenters. The van der Waals surface area contributed by atoms with Gasteiger partial charge in [-0.3, -0.25) is 4.79 Å². The van der Waals surface area contributed by atoms with Gasteiger partial charge in [-0.15, -0.1) is 11.8 Å². The van der Waals surface area contributed by atoms with Crippen molar-refractivity contribution in [2.45, 2.75) is 17.6 Å². The lowest BCUT2D eigenvalue weighted by molar-refractivity contribution is 0.102. The molecule has 0 aliphatic rings. The number of hydrogen-bond acceptors (Lipinski definition) is 4. The van der Waals surface area contributed by atoms with Crippen molar-refractivity contribution in [2.24, 2.45) is 0 Å². The molecule has 0 unspecified atom stereocenters. The SMILES string of the molecule is Cc1ccc(NC(=O)c2ccccc2SCc2ccsc2)nc1. The van der Waals surface area contributed by atoms with Crippen LogP contribution in [0.4, 0.5) is 5.82 Å². The number of nitrogens with zero attached hydrogens (tertiary/aromatic N) is 1. The summed E-state index contributed by atoms with van der Waals surface area (Å²) in [5.41, 5.74) is 3.01. The second-order valence-corrected chi connectivity index (χ2v) is 6.89. The molecule has 0 radical (unpaired) electrons. The largest absolute Gasteiger partial charge is 0.307 e. The van der Waals surface area contributed by atoms with Gasteiger partial charge in [-0.05, 0) is 53.1 Å². The number of benzene rings is 1. The molecule has 1 N–H and O–H groups in total. The van der Waals surface area contributed by atoms with Crippen LogP contribution in [-0.4, -0.2) is 10.9 Å². The number of thioether (sulfide) groups is 1. The van der Waals surface area contributed by atoms with E-state index in [0.29, 0.717) is 11.4 Å². The fourth-order valence-electron chi connectivity index (χ4n) is 2.04. The normalized spacial score (nSPS) is 10.5. The Hall–Kier alpha value is -2.11. The van der Waals surface area contributed by atoms with E-state index in [1.54, 1.807) is 29.3 Å². The van der Waals surface area contributed by atoms with Crippen molar-refractivity contribution in [1.29, 1.82) is 0 Å². The Morgan fingerprint density at radius 2 is 2.09 bits per heavy atom. The van der Waals surface area contributed by atoms with Crippen molar-refractivity contribution in [1.82, 2.24) is 4.98 Å². The summed E-state index contributed by atoms with van der Waals surface area (Å²) >= 11 is 3.36. The Labute approximate surface area is 143 Å². The Morgan fingerprint density at radius 3 is 2.83 bits per heavy atom. The van der Waals surface area contributed by atoms with Crippen LogP contribution in [0.1, 0.15) is 21.5 Å². The van der Waals surface area contributed by atoms with E-state index < -0.39 is 0 Å². The van der Waals surface area contributed by atoms with Gasteiger partial charge in [-0.25, -0.2) is 4.98 Å². The summed E-state index contributed by atoms with van der Waals surface area (Å²) in [6.45, 7) is 1.97. The zero-order chi connectivity index (χ0) is 16.1. The number of aromatic nitrogens is 1. The molecule has 2 heterocycles. The second kappa shape index (κ2) is 7.44. The molecular formula is C18H16N2OS2. The first-order chi connectivity index (χ1) is 11.2. The molecule has 0 aliphatic heterocycles. The van der Waals surface area contributed by atoms with E-state index in [2.05, 4.69) is 27.1 Å². The van der Waals surface area contributed by atoms with E-state index >= 15 is 0 Å². The summed E-state index contributed by atoms with van der Waals surface area (Å²) in [4.78, 5) is 17.7.